The van der Waals surface area contributed by atoms with Crippen LogP contribution in [0.1, 0.15) is 36.5 Å². The lowest BCUT2D eigenvalue weighted by Crippen LogP contribution is -2.05. The van der Waals surface area contributed by atoms with Gasteiger partial charge in [0.15, 0.2) is 5.70 Å². The molecule has 0 spiro atoms. The van der Waals surface area contributed by atoms with Gasteiger partial charge in [0.2, 0.25) is 5.90 Å². The number of unbranched alkanes of at least 4 members (excludes halogenated alkanes) is 1. The molecular weight excluding hydrogens is 362 g/mol. The number of esters is 1. The fourth-order valence-corrected chi connectivity index (χ4v) is 3.47. The van der Waals surface area contributed by atoms with E-state index >= 15 is 0 Å². The molecule has 146 valence electrons. The van der Waals surface area contributed by atoms with Crippen LogP contribution in [0.2, 0.25) is 0 Å². The SMILES string of the molecule is CCCCc1ccc(C2=NC(=Cc3c(OC)ccc4ccccc34)C(=O)O2)cc1. The Balaban J connectivity index is 1.69. The minimum absolute atomic E-state index is 0.268. The minimum atomic E-state index is -0.454. The van der Waals surface area contributed by atoms with Crippen molar-refractivity contribution in [3.63, 3.8) is 0 Å². The van der Waals surface area contributed by atoms with E-state index in [2.05, 4.69) is 24.0 Å². The van der Waals surface area contributed by atoms with Crippen molar-refractivity contribution in [2.75, 3.05) is 7.11 Å². The molecule has 0 radical (unpaired) electrons. The summed E-state index contributed by atoms with van der Waals surface area (Å²) >= 11 is 0. The predicted molar refractivity (Wildman–Crippen MR) is 116 cm³/mol. The molecule has 0 aromatic heterocycles. The summed E-state index contributed by atoms with van der Waals surface area (Å²) in [6.07, 6.45) is 5.12. The molecule has 3 aromatic rings. The van der Waals surface area contributed by atoms with Crippen molar-refractivity contribution in [1.29, 1.82) is 0 Å². The number of methoxy groups -OCH3 is 1. The fraction of sp³-hybridized carbons (Fsp3) is 0.200. The molecule has 4 heteroatoms. The first-order valence-electron chi connectivity index (χ1n) is 9.87. The first-order valence-corrected chi connectivity index (χ1v) is 9.87. The molecule has 0 bridgehead atoms. The number of hydrogen-bond donors (Lipinski definition) is 0. The van der Waals surface area contributed by atoms with Gasteiger partial charge < -0.3 is 9.47 Å². The van der Waals surface area contributed by atoms with Crippen LogP contribution < -0.4 is 4.74 Å². The third kappa shape index (κ3) is 3.92. The van der Waals surface area contributed by atoms with Gasteiger partial charge in [-0.05, 0) is 53.5 Å². The Morgan fingerprint density at radius 1 is 1.03 bits per heavy atom. The van der Waals surface area contributed by atoms with E-state index in [1.807, 2.05) is 48.5 Å². The highest BCUT2D eigenvalue weighted by molar-refractivity contribution is 6.13. The molecular formula is C25H23NO3. The zero-order valence-corrected chi connectivity index (χ0v) is 16.6. The molecule has 29 heavy (non-hydrogen) atoms. The number of fused-ring (bicyclic) bond motifs is 1. The zero-order valence-electron chi connectivity index (χ0n) is 16.6. The Morgan fingerprint density at radius 2 is 1.83 bits per heavy atom. The molecule has 4 nitrogen and oxygen atoms in total. The number of carbonyl (C=O) groups excluding carboxylic acids is 1. The van der Waals surface area contributed by atoms with Gasteiger partial charge in [0, 0.05) is 11.1 Å². The van der Waals surface area contributed by atoms with Gasteiger partial charge in [0.1, 0.15) is 5.75 Å². The highest BCUT2D eigenvalue weighted by Crippen LogP contribution is 2.31. The molecule has 0 N–H and O–H groups in total. The molecule has 0 aliphatic carbocycles. The standard InChI is InChI=1S/C25H23NO3/c1-3-4-7-17-10-12-19(13-11-17)24-26-22(25(27)29-24)16-21-20-9-6-5-8-18(20)14-15-23(21)28-2/h5-6,8-16H,3-4,7H2,1-2H3. The first-order chi connectivity index (χ1) is 14.2. The van der Waals surface area contributed by atoms with Gasteiger partial charge in [-0.25, -0.2) is 9.79 Å². The molecule has 0 amide bonds. The summed E-state index contributed by atoms with van der Waals surface area (Å²) in [5.41, 5.74) is 3.16. The van der Waals surface area contributed by atoms with Crippen LogP contribution in [0.4, 0.5) is 0 Å². The van der Waals surface area contributed by atoms with Crippen molar-refractivity contribution in [2.24, 2.45) is 4.99 Å². The number of nitrogens with zero attached hydrogens (tertiary/aromatic N) is 1. The van der Waals surface area contributed by atoms with E-state index in [-0.39, 0.29) is 5.70 Å². The topological polar surface area (TPSA) is 47.9 Å². The second-order valence-corrected chi connectivity index (χ2v) is 7.04. The van der Waals surface area contributed by atoms with Crippen molar-refractivity contribution >= 4 is 28.7 Å². The van der Waals surface area contributed by atoms with E-state index in [1.54, 1.807) is 13.2 Å². The maximum atomic E-state index is 12.5. The summed E-state index contributed by atoms with van der Waals surface area (Å²) < 4.78 is 11.0. The maximum Gasteiger partial charge on any atom is 0.363 e. The molecule has 0 fully saturated rings. The van der Waals surface area contributed by atoms with Gasteiger partial charge in [-0.2, -0.15) is 0 Å². The monoisotopic (exact) mass is 385 g/mol. The van der Waals surface area contributed by atoms with Crippen LogP contribution in [0.3, 0.4) is 0 Å². The summed E-state index contributed by atoms with van der Waals surface area (Å²) in [6, 6.07) is 19.9. The van der Waals surface area contributed by atoms with Crippen LogP contribution in [-0.2, 0) is 16.0 Å². The molecule has 0 atom stereocenters. The average Bonchev–Trinajstić information content (AvgIpc) is 3.13. The Bertz CT molecular complexity index is 1110. The lowest BCUT2D eigenvalue weighted by atomic mass is 10.0. The number of aliphatic imine (C=N–C) groups is 1. The Kier molecular flexibility index (Phi) is 5.43. The lowest BCUT2D eigenvalue weighted by molar-refractivity contribution is -0.129. The summed E-state index contributed by atoms with van der Waals surface area (Å²) in [7, 11) is 1.62. The summed E-state index contributed by atoms with van der Waals surface area (Å²) in [5, 5.41) is 2.06. The smallest absolute Gasteiger partial charge is 0.363 e. The largest absolute Gasteiger partial charge is 0.496 e. The molecule has 0 saturated heterocycles. The molecule has 1 aliphatic rings. The summed E-state index contributed by atoms with van der Waals surface area (Å²) in [6.45, 7) is 2.18. The number of rotatable bonds is 6. The van der Waals surface area contributed by atoms with Crippen LogP contribution >= 0.6 is 0 Å². The van der Waals surface area contributed by atoms with Crippen LogP contribution in [0.5, 0.6) is 5.75 Å². The van der Waals surface area contributed by atoms with Gasteiger partial charge in [0.25, 0.3) is 0 Å². The Hall–Kier alpha value is -3.40. The number of carbonyl (C=O) groups is 1. The number of benzene rings is 3. The van der Waals surface area contributed by atoms with Crippen LogP contribution in [0.15, 0.2) is 71.4 Å². The number of hydrogen-bond acceptors (Lipinski definition) is 4. The average molecular weight is 385 g/mol. The van der Waals surface area contributed by atoms with E-state index in [0.717, 1.165) is 41.2 Å². The molecule has 4 rings (SSSR count). The lowest BCUT2D eigenvalue weighted by Gasteiger charge is -2.08. The molecule has 1 heterocycles. The van der Waals surface area contributed by atoms with Crippen molar-refractivity contribution in [2.45, 2.75) is 26.2 Å². The Labute approximate surface area is 170 Å². The van der Waals surface area contributed by atoms with Crippen molar-refractivity contribution in [3.05, 3.63) is 83.1 Å². The van der Waals surface area contributed by atoms with E-state index in [4.69, 9.17) is 9.47 Å². The van der Waals surface area contributed by atoms with Gasteiger partial charge in [-0.15, -0.1) is 0 Å². The molecule has 3 aromatic carbocycles. The van der Waals surface area contributed by atoms with E-state index in [1.165, 1.54) is 5.56 Å². The van der Waals surface area contributed by atoms with Gasteiger partial charge in [-0.1, -0.05) is 55.8 Å². The molecule has 0 saturated carbocycles. The van der Waals surface area contributed by atoms with Gasteiger partial charge in [0.05, 0.1) is 7.11 Å². The normalized spacial score (nSPS) is 14.9. The predicted octanol–water partition coefficient (Wildman–Crippen LogP) is 5.54. The third-order valence-electron chi connectivity index (χ3n) is 5.07. The summed E-state index contributed by atoms with van der Waals surface area (Å²) in [5.74, 6) is 0.570. The number of ether oxygens (including phenoxy) is 2. The fourth-order valence-electron chi connectivity index (χ4n) is 3.47. The van der Waals surface area contributed by atoms with Crippen LogP contribution in [0, 0.1) is 0 Å². The Morgan fingerprint density at radius 3 is 2.59 bits per heavy atom. The van der Waals surface area contributed by atoms with Crippen molar-refractivity contribution in [3.8, 4) is 5.75 Å². The highest BCUT2D eigenvalue weighted by atomic mass is 16.6. The van der Waals surface area contributed by atoms with E-state index < -0.39 is 5.97 Å². The minimum Gasteiger partial charge on any atom is -0.496 e. The van der Waals surface area contributed by atoms with E-state index in [9.17, 15) is 4.79 Å². The second-order valence-electron chi connectivity index (χ2n) is 7.04. The van der Waals surface area contributed by atoms with Gasteiger partial charge in [-0.3, -0.25) is 0 Å². The third-order valence-corrected chi connectivity index (χ3v) is 5.07. The van der Waals surface area contributed by atoms with Crippen LogP contribution in [0.25, 0.3) is 16.8 Å². The number of aryl methyl sites for hydroxylation is 1. The maximum absolute atomic E-state index is 12.5. The summed E-state index contributed by atoms with van der Waals surface area (Å²) in [4.78, 5) is 16.9. The first kappa shape index (κ1) is 18.9. The zero-order chi connectivity index (χ0) is 20.2. The molecule has 1 aliphatic heterocycles. The second kappa shape index (κ2) is 8.31. The highest BCUT2D eigenvalue weighted by Gasteiger charge is 2.25. The quantitative estimate of drug-likeness (QED) is 0.414. The van der Waals surface area contributed by atoms with Crippen molar-refractivity contribution in [1.82, 2.24) is 0 Å². The van der Waals surface area contributed by atoms with Crippen LogP contribution in [-0.4, -0.2) is 19.0 Å². The van der Waals surface area contributed by atoms with E-state index in [0.29, 0.717) is 11.6 Å². The van der Waals surface area contributed by atoms with Crippen molar-refractivity contribution < 1.29 is 14.3 Å². The molecule has 0 unspecified atom stereocenters. The van der Waals surface area contributed by atoms with Gasteiger partial charge >= 0.3 is 5.97 Å². The number of cyclic esters (lactones) is 1.